The van der Waals surface area contributed by atoms with Crippen LogP contribution in [0.5, 0.6) is 0 Å². The highest BCUT2D eigenvalue weighted by Crippen LogP contribution is 2.24. The number of benzene rings is 1. The van der Waals surface area contributed by atoms with Crippen molar-refractivity contribution in [3.05, 3.63) is 48.8 Å². The third-order valence-electron chi connectivity index (χ3n) is 5.43. The summed E-state index contributed by atoms with van der Waals surface area (Å²) in [6, 6.07) is 12.0. The van der Waals surface area contributed by atoms with E-state index in [1.165, 1.54) is 43.1 Å². The first-order valence-corrected chi connectivity index (χ1v) is 11.8. The first-order chi connectivity index (χ1) is 15.2. The minimum atomic E-state index is -0.0522. The summed E-state index contributed by atoms with van der Waals surface area (Å²) in [5.74, 6) is 1.02. The van der Waals surface area contributed by atoms with Gasteiger partial charge >= 0.3 is 0 Å². The quantitative estimate of drug-likeness (QED) is 0.551. The summed E-state index contributed by atoms with van der Waals surface area (Å²) in [5, 5.41) is 12.3. The molecular weight excluding hydrogens is 408 g/mol. The fourth-order valence-corrected chi connectivity index (χ4v) is 4.61. The molecule has 0 atom stereocenters. The number of anilines is 2. The number of pyridine rings is 1. The minimum absolute atomic E-state index is 0.0522. The SMILES string of the molecule is CCn1c(SCC(=O)Nc2ccc(N3CCCCCC3)cc2)nnc1-c1ccncc1. The number of nitrogens with one attached hydrogen (secondary N) is 1. The number of nitrogens with zero attached hydrogens (tertiary/aromatic N) is 5. The highest BCUT2D eigenvalue weighted by Gasteiger charge is 2.15. The van der Waals surface area contributed by atoms with Gasteiger partial charge in [-0.15, -0.1) is 10.2 Å². The first-order valence-electron chi connectivity index (χ1n) is 10.9. The molecule has 8 heteroatoms. The van der Waals surface area contributed by atoms with Gasteiger partial charge < -0.3 is 14.8 Å². The van der Waals surface area contributed by atoms with Crippen LogP contribution in [0.2, 0.25) is 0 Å². The van der Waals surface area contributed by atoms with Gasteiger partial charge in [-0.2, -0.15) is 0 Å². The van der Waals surface area contributed by atoms with Crippen LogP contribution in [-0.2, 0) is 11.3 Å². The van der Waals surface area contributed by atoms with E-state index in [1.807, 2.05) is 35.8 Å². The Balaban J connectivity index is 1.34. The predicted molar refractivity (Wildman–Crippen MR) is 125 cm³/mol. The number of carbonyl (C=O) groups is 1. The average Bonchev–Trinajstić information content (AvgIpc) is 3.02. The summed E-state index contributed by atoms with van der Waals surface area (Å²) < 4.78 is 2.02. The van der Waals surface area contributed by atoms with Crippen molar-refractivity contribution in [1.82, 2.24) is 19.7 Å². The van der Waals surface area contributed by atoms with Crippen LogP contribution in [0.1, 0.15) is 32.6 Å². The summed E-state index contributed by atoms with van der Waals surface area (Å²) in [7, 11) is 0. The summed E-state index contributed by atoms with van der Waals surface area (Å²) in [4.78, 5) is 19.0. The average molecular weight is 437 g/mol. The Bertz CT molecular complexity index is 981. The predicted octanol–water partition coefficient (Wildman–Crippen LogP) is 4.47. The van der Waals surface area contributed by atoms with Crippen molar-refractivity contribution in [2.24, 2.45) is 0 Å². The van der Waals surface area contributed by atoms with Gasteiger partial charge in [0.2, 0.25) is 5.91 Å². The van der Waals surface area contributed by atoms with Crippen molar-refractivity contribution in [1.29, 1.82) is 0 Å². The van der Waals surface area contributed by atoms with E-state index in [9.17, 15) is 4.79 Å². The molecule has 1 N–H and O–H groups in total. The maximum absolute atomic E-state index is 12.5. The molecule has 0 aliphatic carbocycles. The molecule has 1 aliphatic heterocycles. The van der Waals surface area contributed by atoms with Gasteiger partial charge in [0.15, 0.2) is 11.0 Å². The second-order valence-electron chi connectivity index (χ2n) is 7.57. The molecule has 0 radical (unpaired) electrons. The maximum atomic E-state index is 12.5. The molecule has 0 bridgehead atoms. The van der Waals surface area contributed by atoms with Crippen LogP contribution in [0, 0.1) is 0 Å². The van der Waals surface area contributed by atoms with E-state index in [1.54, 1.807) is 12.4 Å². The van der Waals surface area contributed by atoms with Gasteiger partial charge in [0.25, 0.3) is 0 Å². The van der Waals surface area contributed by atoms with Crippen LogP contribution in [0.4, 0.5) is 11.4 Å². The van der Waals surface area contributed by atoms with Crippen LogP contribution in [-0.4, -0.2) is 44.5 Å². The summed E-state index contributed by atoms with van der Waals surface area (Å²) in [6.45, 7) is 5.00. The van der Waals surface area contributed by atoms with E-state index in [4.69, 9.17) is 0 Å². The number of aromatic nitrogens is 4. The third kappa shape index (κ3) is 5.44. The number of hydrogen-bond donors (Lipinski definition) is 1. The molecule has 1 aliphatic rings. The smallest absolute Gasteiger partial charge is 0.234 e. The highest BCUT2D eigenvalue weighted by molar-refractivity contribution is 7.99. The monoisotopic (exact) mass is 436 g/mol. The van der Waals surface area contributed by atoms with Crippen molar-refractivity contribution < 1.29 is 4.79 Å². The Labute approximate surface area is 187 Å². The number of carbonyl (C=O) groups excluding carboxylic acids is 1. The van der Waals surface area contributed by atoms with Crippen LogP contribution in [0.15, 0.2) is 53.9 Å². The van der Waals surface area contributed by atoms with Crippen molar-refractivity contribution in [2.45, 2.75) is 44.3 Å². The Kier molecular flexibility index (Phi) is 7.19. The van der Waals surface area contributed by atoms with Crippen LogP contribution >= 0.6 is 11.8 Å². The summed E-state index contributed by atoms with van der Waals surface area (Å²) in [5.41, 5.74) is 3.01. The normalized spacial score (nSPS) is 14.3. The van der Waals surface area contributed by atoms with Crippen molar-refractivity contribution in [3.63, 3.8) is 0 Å². The first kappa shape index (κ1) is 21.4. The lowest BCUT2D eigenvalue weighted by atomic mass is 10.2. The van der Waals surface area contributed by atoms with Crippen LogP contribution < -0.4 is 10.2 Å². The Hall–Kier alpha value is -2.87. The fourth-order valence-electron chi connectivity index (χ4n) is 3.81. The molecule has 1 saturated heterocycles. The van der Waals surface area contributed by atoms with Gasteiger partial charge in [0.05, 0.1) is 5.75 Å². The molecule has 162 valence electrons. The summed E-state index contributed by atoms with van der Waals surface area (Å²) in [6.07, 6.45) is 8.61. The van der Waals surface area contributed by atoms with Crippen LogP contribution in [0.3, 0.4) is 0 Å². The topological polar surface area (TPSA) is 75.9 Å². The van der Waals surface area contributed by atoms with Gasteiger partial charge in [-0.3, -0.25) is 9.78 Å². The lowest BCUT2D eigenvalue weighted by Crippen LogP contribution is -2.23. The minimum Gasteiger partial charge on any atom is -0.372 e. The largest absolute Gasteiger partial charge is 0.372 e. The molecular formula is C23H28N6OS. The van der Waals surface area contributed by atoms with Gasteiger partial charge in [0, 0.05) is 49.0 Å². The molecule has 31 heavy (non-hydrogen) atoms. The van der Waals surface area contributed by atoms with E-state index in [-0.39, 0.29) is 11.7 Å². The Morgan fingerprint density at radius 3 is 2.39 bits per heavy atom. The molecule has 0 spiro atoms. The van der Waals surface area contributed by atoms with Gasteiger partial charge in [0.1, 0.15) is 0 Å². The third-order valence-corrected chi connectivity index (χ3v) is 6.39. The Morgan fingerprint density at radius 1 is 1.00 bits per heavy atom. The second-order valence-corrected chi connectivity index (χ2v) is 8.51. The molecule has 1 aromatic carbocycles. The standard InChI is InChI=1S/C23H28N6OS/c1-2-29-22(18-11-13-24-14-12-18)26-27-23(29)31-17-21(30)25-19-7-9-20(10-8-19)28-15-5-3-4-6-16-28/h7-14H,2-6,15-17H2,1H3,(H,25,30). The maximum Gasteiger partial charge on any atom is 0.234 e. The molecule has 4 rings (SSSR count). The van der Waals surface area contributed by atoms with Crippen LogP contribution in [0.25, 0.3) is 11.4 Å². The van der Waals surface area contributed by atoms with Gasteiger partial charge in [-0.05, 0) is 56.2 Å². The van der Waals surface area contributed by atoms with E-state index in [2.05, 4.69) is 37.5 Å². The van der Waals surface area contributed by atoms with E-state index in [0.29, 0.717) is 0 Å². The highest BCUT2D eigenvalue weighted by atomic mass is 32.2. The van der Waals surface area contributed by atoms with Gasteiger partial charge in [-0.25, -0.2) is 0 Å². The molecule has 1 fully saturated rings. The number of hydrogen-bond acceptors (Lipinski definition) is 6. The lowest BCUT2D eigenvalue weighted by Gasteiger charge is -2.22. The van der Waals surface area contributed by atoms with Crippen molar-refractivity contribution >= 4 is 29.0 Å². The number of rotatable bonds is 7. The molecule has 7 nitrogen and oxygen atoms in total. The summed E-state index contributed by atoms with van der Waals surface area (Å²) >= 11 is 1.40. The second kappa shape index (κ2) is 10.4. The molecule has 0 saturated carbocycles. The van der Waals surface area contributed by atoms with E-state index < -0.39 is 0 Å². The number of thioether (sulfide) groups is 1. The molecule has 3 heterocycles. The number of amides is 1. The Morgan fingerprint density at radius 2 is 1.71 bits per heavy atom. The lowest BCUT2D eigenvalue weighted by molar-refractivity contribution is -0.113. The van der Waals surface area contributed by atoms with E-state index >= 15 is 0 Å². The van der Waals surface area contributed by atoms with Crippen molar-refractivity contribution in [2.75, 3.05) is 29.1 Å². The zero-order valence-corrected chi connectivity index (χ0v) is 18.6. The fraction of sp³-hybridized carbons (Fsp3) is 0.391. The molecule has 1 amide bonds. The zero-order valence-electron chi connectivity index (χ0n) is 17.8. The van der Waals surface area contributed by atoms with Crippen molar-refractivity contribution in [3.8, 4) is 11.4 Å². The molecule has 0 unspecified atom stereocenters. The molecule has 3 aromatic rings. The molecule has 2 aromatic heterocycles. The van der Waals surface area contributed by atoms with Gasteiger partial charge in [-0.1, -0.05) is 24.6 Å². The van der Waals surface area contributed by atoms with E-state index in [0.717, 1.165) is 41.9 Å². The zero-order chi connectivity index (χ0) is 21.5.